The number of carbonyl (C=O) groups is 1. The van der Waals surface area contributed by atoms with E-state index in [1.807, 2.05) is 24.3 Å². The van der Waals surface area contributed by atoms with E-state index < -0.39 is 33.2 Å². The second-order valence-electron chi connectivity index (χ2n) is 7.87. The molecular formula is C18H24F2N2O2Si. The number of fused-ring (bicyclic) bond motifs is 1. The number of aromatic nitrogens is 1. The molecule has 0 spiro atoms. The molecule has 2 aromatic rings. The number of nitrogens with zero attached hydrogens (tertiary/aromatic N) is 1. The minimum atomic E-state index is -3.00. The molecule has 1 unspecified atom stereocenters. The summed E-state index contributed by atoms with van der Waals surface area (Å²) in [6.07, 6.45) is -0.137. The van der Waals surface area contributed by atoms with Gasteiger partial charge in [0.1, 0.15) is 0 Å². The number of hydrogen-bond acceptors (Lipinski definition) is 2. The van der Waals surface area contributed by atoms with E-state index in [0.717, 1.165) is 21.4 Å². The lowest BCUT2D eigenvalue weighted by molar-refractivity contribution is -0.112. The van der Waals surface area contributed by atoms with Crippen LogP contribution in [-0.2, 0) is 11.2 Å². The SMILES string of the molecule is CC(Cc1c([Si](C)(C)C)[nH]c2ccccc12)N1CC(F)(F)COC1=O. The minimum absolute atomic E-state index is 0.368. The summed E-state index contributed by atoms with van der Waals surface area (Å²) < 4.78 is 32.0. The van der Waals surface area contributed by atoms with Gasteiger partial charge >= 0.3 is 6.09 Å². The number of H-pyrrole nitrogens is 1. The Labute approximate surface area is 147 Å². The number of nitrogens with one attached hydrogen (secondary N) is 1. The summed E-state index contributed by atoms with van der Waals surface area (Å²) in [5.41, 5.74) is 2.18. The zero-order chi connectivity index (χ0) is 18.4. The van der Waals surface area contributed by atoms with Crippen molar-refractivity contribution in [3.05, 3.63) is 29.8 Å². The third-order valence-electron chi connectivity index (χ3n) is 4.64. The number of hydrogen-bond donors (Lipinski definition) is 1. The maximum absolute atomic E-state index is 13.7. The minimum Gasteiger partial charge on any atom is -0.443 e. The van der Waals surface area contributed by atoms with Crippen LogP contribution in [0.4, 0.5) is 13.6 Å². The maximum atomic E-state index is 13.7. The Bertz CT molecular complexity index is 798. The molecule has 1 atom stereocenters. The number of carbonyl (C=O) groups excluding carboxylic acids is 1. The Kier molecular flexibility index (Phi) is 4.39. The van der Waals surface area contributed by atoms with Crippen molar-refractivity contribution in [1.82, 2.24) is 9.88 Å². The summed E-state index contributed by atoms with van der Waals surface area (Å²) in [6, 6.07) is 7.65. The van der Waals surface area contributed by atoms with Crippen LogP contribution in [0.5, 0.6) is 0 Å². The van der Waals surface area contributed by atoms with E-state index in [1.54, 1.807) is 6.92 Å². The topological polar surface area (TPSA) is 45.3 Å². The molecule has 1 aromatic heterocycles. The van der Waals surface area contributed by atoms with E-state index in [1.165, 1.54) is 5.32 Å². The Morgan fingerprint density at radius 2 is 2.00 bits per heavy atom. The number of ether oxygens (including phenoxy) is 1. The molecule has 1 aliphatic rings. The highest BCUT2D eigenvalue weighted by molar-refractivity contribution is 6.88. The van der Waals surface area contributed by atoms with Crippen LogP contribution in [0.3, 0.4) is 0 Å². The van der Waals surface area contributed by atoms with Crippen LogP contribution in [-0.4, -0.2) is 49.2 Å². The fourth-order valence-electron chi connectivity index (χ4n) is 3.40. The lowest BCUT2D eigenvalue weighted by Crippen LogP contribution is -2.54. The normalized spacial score (nSPS) is 19.1. The fourth-order valence-corrected chi connectivity index (χ4v) is 5.06. The lowest BCUT2D eigenvalue weighted by Gasteiger charge is -2.36. The molecule has 0 aliphatic carbocycles. The van der Waals surface area contributed by atoms with E-state index in [0.29, 0.717) is 6.42 Å². The molecule has 1 saturated heterocycles. The first kappa shape index (κ1) is 17.9. The van der Waals surface area contributed by atoms with E-state index in [-0.39, 0.29) is 6.04 Å². The third kappa shape index (κ3) is 3.56. The van der Waals surface area contributed by atoms with Crippen molar-refractivity contribution in [3.63, 3.8) is 0 Å². The summed E-state index contributed by atoms with van der Waals surface area (Å²) in [5.74, 6) is -3.00. The molecule has 1 amide bonds. The van der Waals surface area contributed by atoms with E-state index in [2.05, 4.69) is 29.4 Å². The summed E-state index contributed by atoms with van der Waals surface area (Å²) in [7, 11) is -1.66. The van der Waals surface area contributed by atoms with Crippen LogP contribution >= 0.6 is 0 Å². The van der Waals surface area contributed by atoms with E-state index >= 15 is 0 Å². The van der Waals surface area contributed by atoms with Crippen LogP contribution in [0.25, 0.3) is 10.9 Å². The molecule has 0 saturated carbocycles. The number of halogens is 2. The first-order valence-corrected chi connectivity index (χ1v) is 12.0. The van der Waals surface area contributed by atoms with Crippen molar-refractivity contribution < 1.29 is 18.3 Å². The van der Waals surface area contributed by atoms with Crippen molar-refractivity contribution in [3.8, 4) is 0 Å². The molecular weight excluding hydrogens is 342 g/mol. The highest BCUT2D eigenvalue weighted by atomic mass is 28.3. The summed E-state index contributed by atoms with van der Waals surface area (Å²) >= 11 is 0. The van der Waals surface area contributed by atoms with Gasteiger partial charge in [-0.25, -0.2) is 13.6 Å². The van der Waals surface area contributed by atoms with Crippen molar-refractivity contribution in [2.24, 2.45) is 0 Å². The number of alkyl halides is 2. The molecule has 2 heterocycles. The summed E-state index contributed by atoms with van der Waals surface area (Å²) in [6.45, 7) is 7.12. The van der Waals surface area contributed by atoms with Crippen LogP contribution in [0, 0.1) is 0 Å². The average Bonchev–Trinajstić information content (AvgIpc) is 2.89. The first-order valence-electron chi connectivity index (χ1n) is 8.50. The van der Waals surface area contributed by atoms with Gasteiger partial charge < -0.3 is 9.72 Å². The Balaban J connectivity index is 1.95. The Morgan fingerprint density at radius 1 is 1.32 bits per heavy atom. The number of cyclic esters (lactones) is 1. The van der Waals surface area contributed by atoms with E-state index in [4.69, 9.17) is 0 Å². The first-order chi connectivity index (χ1) is 11.6. The third-order valence-corrected chi connectivity index (χ3v) is 6.56. The van der Waals surface area contributed by atoms with Gasteiger partial charge in [-0.1, -0.05) is 37.8 Å². The monoisotopic (exact) mass is 366 g/mol. The largest absolute Gasteiger partial charge is 0.443 e. The molecule has 0 radical (unpaired) electrons. The van der Waals surface area contributed by atoms with Crippen LogP contribution < -0.4 is 5.32 Å². The zero-order valence-corrected chi connectivity index (χ0v) is 16.0. The quantitative estimate of drug-likeness (QED) is 0.838. The van der Waals surface area contributed by atoms with Crippen molar-refractivity contribution in [1.29, 1.82) is 0 Å². The molecule has 4 nitrogen and oxygen atoms in total. The summed E-state index contributed by atoms with van der Waals surface area (Å²) in [5, 5.41) is 2.31. The molecule has 136 valence electrons. The Morgan fingerprint density at radius 3 is 2.68 bits per heavy atom. The van der Waals surface area contributed by atoms with Crippen molar-refractivity contribution >= 4 is 30.4 Å². The van der Waals surface area contributed by atoms with Crippen LogP contribution in [0.2, 0.25) is 19.6 Å². The molecule has 25 heavy (non-hydrogen) atoms. The molecule has 3 rings (SSSR count). The van der Waals surface area contributed by atoms with Gasteiger partial charge in [-0.2, -0.15) is 0 Å². The van der Waals surface area contributed by atoms with Gasteiger partial charge in [0, 0.05) is 22.3 Å². The number of amides is 1. The second-order valence-corrected chi connectivity index (χ2v) is 12.9. The molecule has 1 aromatic carbocycles. The lowest BCUT2D eigenvalue weighted by atomic mass is 10.0. The van der Waals surface area contributed by atoms with Gasteiger partial charge in [-0.15, -0.1) is 0 Å². The Hall–Kier alpha value is -1.89. The van der Waals surface area contributed by atoms with Gasteiger partial charge in [0.15, 0.2) is 6.61 Å². The molecule has 0 bridgehead atoms. The number of benzene rings is 1. The number of aromatic amines is 1. The molecule has 1 fully saturated rings. The van der Waals surface area contributed by atoms with Gasteiger partial charge in [0.2, 0.25) is 0 Å². The molecule has 1 N–H and O–H groups in total. The van der Waals surface area contributed by atoms with Crippen molar-refractivity contribution in [2.45, 2.75) is 44.9 Å². The zero-order valence-electron chi connectivity index (χ0n) is 15.0. The standard InChI is InChI=1S/C18H24F2N2O2Si/c1-12(22-10-18(19,20)11-24-17(22)23)9-14-13-7-5-6-8-15(13)21-16(14)25(2,3)4/h5-8,12,21H,9-11H2,1-4H3. The molecule has 1 aliphatic heterocycles. The molecule has 7 heteroatoms. The highest BCUT2D eigenvalue weighted by Gasteiger charge is 2.42. The van der Waals surface area contributed by atoms with Gasteiger partial charge in [0.05, 0.1) is 14.6 Å². The smallest absolute Gasteiger partial charge is 0.410 e. The predicted octanol–water partition coefficient (Wildman–Crippen LogP) is 3.73. The van der Waals surface area contributed by atoms with Gasteiger partial charge in [-0.3, -0.25) is 4.90 Å². The van der Waals surface area contributed by atoms with E-state index in [9.17, 15) is 13.6 Å². The fraction of sp³-hybridized carbons (Fsp3) is 0.500. The highest BCUT2D eigenvalue weighted by Crippen LogP contribution is 2.26. The van der Waals surface area contributed by atoms with Crippen molar-refractivity contribution in [2.75, 3.05) is 13.2 Å². The maximum Gasteiger partial charge on any atom is 0.410 e. The second kappa shape index (κ2) is 6.12. The predicted molar refractivity (Wildman–Crippen MR) is 97.4 cm³/mol. The number of para-hydroxylation sites is 1. The summed E-state index contributed by atoms with van der Waals surface area (Å²) in [4.78, 5) is 16.6. The number of rotatable bonds is 4. The van der Waals surface area contributed by atoms with Crippen LogP contribution in [0.15, 0.2) is 24.3 Å². The van der Waals surface area contributed by atoms with Gasteiger partial charge in [-0.05, 0) is 25.0 Å². The van der Waals surface area contributed by atoms with Crippen LogP contribution in [0.1, 0.15) is 12.5 Å². The average molecular weight is 366 g/mol. The van der Waals surface area contributed by atoms with Gasteiger partial charge in [0.25, 0.3) is 5.92 Å².